The van der Waals surface area contributed by atoms with Crippen LogP contribution in [0.4, 0.5) is 8.78 Å². The van der Waals surface area contributed by atoms with E-state index in [1.807, 2.05) is 0 Å². The Hall–Kier alpha value is -1.50. The smallest absolute Gasteiger partial charge is 0.379 e. The van der Waals surface area contributed by atoms with E-state index in [0.717, 1.165) is 18.2 Å². The summed E-state index contributed by atoms with van der Waals surface area (Å²) in [6.07, 6.45) is 0. The summed E-state index contributed by atoms with van der Waals surface area (Å²) >= 11 is 0. The van der Waals surface area contributed by atoms with Crippen LogP contribution in [0, 0.1) is 0 Å². The summed E-state index contributed by atoms with van der Waals surface area (Å²) in [7, 11) is -3.71. The lowest BCUT2D eigenvalue weighted by atomic mass is 10.1. The minimum atomic E-state index is -4.11. The van der Waals surface area contributed by atoms with Crippen molar-refractivity contribution in [3.63, 3.8) is 0 Å². The van der Waals surface area contributed by atoms with Crippen molar-refractivity contribution in [1.29, 1.82) is 0 Å². The summed E-state index contributed by atoms with van der Waals surface area (Å²) in [5.74, 6) is -6.43. The van der Waals surface area contributed by atoms with Crippen LogP contribution in [-0.2, 0) is 20.6 Å². The molecular weight excluding hydrogens is 266 g/mol. The molecule has 1 N–H and O–H groups in total. The molecule has 0 heterocycles. The average molecular weight is 278 g/mol. The second-order valence-corrected chi connectivity index (χ2v) is 6.51. The highest BCUT2D eigenvalue weighted by Crippen LogP contribution is 2.30. The lowest BCUT2D eigenvalue weighted by Gasteiger charge is -2.13. The van der Waals surface area contributed by atoms with Gasteiger partial charge in [0.05, 0.1) is 10.1 Å². The van der Waals surface area contributed by atoms with Crippen LogP contribution in [-0.4, -0.2) is 24.7 Å². The first-order valence-corrected chi connectivity index (χ1v) is 6.60. The molecule has 0 unspecified atom stereocenters. The molecule has 0 saturated carbocycles. The van der Waals surface area contributed by atoms with Crippen LogP contribution >= 0.6 is 0 Å². The number of halogens is 2. The van der Waals surface area contributed by atoms with Crippen LogP contribution in [0.1, 0.15) is 19.4 Å². The Morgan fingerprint density at radius 3 is 2.33 bits per heavy atom. The van der Waals surface area contributed by atoms with Gasteiger partial charge in [0.2, 0.25) is 0 Å². The van der Waals surface area contributed by atoms with E-state index in [0.29, 0.717) is 6.07 Å². The maximum atomic E-state index is 13.3. The van der Waals surface area contributed by atoms with Crippen molar-refractivity contribution in [3.8, 4) is 0 Å². The van der Waals surface area contributed by atoms with Crippen molar-refractivity contribution < 1.29 is 27.1 Å². The average Bonchev–Trinajstić information content (AvgIpc) is 2.28. The second-order valence-electron chi connectivity index (χ2n) is 4.00. The van der Waals surface area contributed by atoms with Gasteiger partial charge < -0.3 is 5.11 Å². The number of carboxylic acid groups (broad SMARTS) is 1. The maximum absolute atomic E-state index is 13.3. The first kappa shape index (κ1) is 14.6. The fourth-order valence-corrected chi connectivity index (χ4v) is 2.37. The van der Waals surface area contributed by atoms with Gasteiger partial charge in [0.25, 0.3) is 0 Å². The van der Waals surface area contributed by atoms with Crippen LogP contribution in [0.15, 0.2) is 29.2 Å². The van der Waals surface area contributed by atoms with Crippen LogP contribution < -0.4 is 0 Å². The maximum Gasteiger partial charge on any atom is 0.379 e. The van der Waals surface area contributed by atoms with Crippen molar-refractivity contribution in [2.75, 3.05) is 0 Å². The predicted octanol–water partition coefficient (Wildman–Crippen LogP) is 2.05. The number of alkyl halides is 2. The lowest BCUT2D eigenvalue weighted by molar-refractivity contribution is -0.166. The second kappa shape index (κ2) is 4.64. The fraction of sp³-hybridized carbons (Fsp3) is 0.364. The van der Waals surface area contributed by atoms with E-state index in [1.54, 1.807) is 0 Å². The van der Waals surface area contributed by atoms with Crippen molar-refractivity contribution in [3.05, 3.63) is 29.8 Å². The summed E-state index contributed by atoms with van der Waals surface area (Å²) < 4.78 is 50.1. The van der Waals surface area contributed by atoms with E-state index >= 15 is 0 Å². The zero-order chi connectivity index (χ0) is 14.1. The molecule has 0 aromatic heterocycles. The predicted molar refractivity (Wildman–Crippen MR) is 60.3 cm³/mol. The summed E-state index contributed by atoms with van der Waals surface area (Å²) in [5, 5.41) is 7.63. The molecule has 0 saturated heterocycles. The third kappa shape index (κ3) is 2.50. The number of sulfone groups is 1. The lowest BCUT2D eigenvalue weighted by Crippen LogP contribution is -2.25. The molecule has 7 heteroatoms. The van der Waals surface area contributed by atoms with Gasteiger partial charge in [0, 0.05) is 5.56 Å². The molecule has 0 bridgehead atoms. The quantitative estimate of drug-likeness (QED) is 0.915. The van der Waals surface area contributed by atoms with Gasteiger partial charge in [-0.1, -0.05) is 12.1 Å². The number of rotatable bonds is 4. The summed E-state index contributed by atoms with van der Waals surface area (Å²) in [4.78, 5) is 10.1. The Labute approximate surface area is 103 Å². The fourth-order valence-electron chi connectivity index (χ4n) is 1.26. The highest BCUT2D eigenvalue weighted by Gasteiger charge is 2.41. The third-order valence-electron chi connectivity index (χ3n) is 2.41. The molecular formula is C11H12F2O4S. The van der Waals surface area contributed by atoms with Crippen LogP contribution in [0.5, 0.6) is 0 Å². The first-order valence-electron chi connectivity index (χ1n) is 5.05. The zero-order valence-corrected chi connectivity index (χ0v) is 10.5. The minimum Gasteiger partial charge on any atom is -0.477 e. The number of hydrogen-bond donors (Lipinski definition) is 1. The van der Waals surface area contributed by atoms with Crippen molar-refractivity contribution in [2.24, 2.45) is 0 Å². The van der Waals surface area contributed by atoms with E-state index in [-0.39, 0.29) is 4.90 Å². The van der Waals surface area contributed by atoms with Crippen LogP contribution in [0.3, 0.4) is 0 Å². The number of benzene rings is 1. The van der Waals surface area contributed by atoms with E-state index in [4.69, 9.17) is 5.11 Å². The number of aliphatic carboxylic acids is 1. The molecule has 0 amide bonds. The van der Waals surface area contributed by atoms with Gasteiger partial charge in [0.1, 0.15) is 0 Å². The number of carbonyl (C=O) groups is 1. The van der Waals surface area contributed by atoms with Crippen LogP contribution in [0.25, 0.3) is 0 Å². The van der Waals surface area contributed by atoms with Gasteiger partial charge in [-0.3, -0.25) is 0 Å². The van der Waals surface area contributed by atoms with Gasteiger partial charge in [-0.2, -0.15) is 8.78 Å². The van der Waals surface area contributed by atoms with E-state index in [1.165, 1.54) is 13.8 Å². The van der Waals surface area contributed by atoms with Gasteiger partial charge in [-0.05, 0) is 26.0 Å². The number of hydrogen-bond acceptors (Lipinski definition) is 3. The molecule has 1 aromatic rings. The molecule has 1 rings (SSSR count). The molecule has 100 valence electrons. The minimum absolute atomic E-state index is 0.309. The Balaban J connectivity index is 3.36. The first-order chi connectivity index (χ1) is 8.10. The zero-order valence-electron chi connectivity index (χ0n) is 9.72. The van der Waals surface area contributed by atoms with Crippen molar-refractivity contribution in [2.45, 2.75) is 29.9 Å². The van der Waals surface area contributed by atoms with E-state index in [2.05, 4.69) is 0 Å². The molecule has 0 spiro atoms. The van der Waals surface area contributed by atoms with E-state index in [9.17, 15) is 22.0 Å². The van der Waals surface area contributed by atoms with Crippen molar-refractivity contribution >= 4 is 15.8 Å². The summed E-state index contributed by atoms with van der Waals surface area (Å²) in [6.45, 7) is 2.83. The molecule has 1 aromatic carbocycles. The molecule has 0 radical (unpaired) electrons. The van der Waals surface area contributed by atoms with Gasteiger partial charge in [-0.15, -0.1) is 0 Å². The summed E-state index contributed by atoms with van der Waals surface area (Å²) in [5.41, 5.74) is -0.850. The molecule has 0 aliphatic heterocycles. The molecule has 0 atom stereocenters. The Morgan fingerprint density at radius 1 is 1.33 bits per heavy atom. The Morgan fingerprint density at radius 2 is 1.89 bits per heavy atom. The molecule has 0 aliphatic carbocycles. The Bertz CT molecular complexity index is 564. The van der Waals surface area contributed by atoms with E-state index < -0.39 is 32.5 Å². The highest BCUT2D eigenvalue weighted by molar-refractivity contribution is 7.92. The highest BCUT2D eigenvalue weighted by atomic mass is 32.2. The van der Waals surface area contributed by atoms with Gasteiger partial charge in [-0.25, -0.2) is 13.2 Å². The molecule has 4 nitrogen and oxygen atoms in total. The normalized spacial score (nSPS) is 12.7. The Kier molecular flexibility index (Phi) is 3.75. The monoisotopic (exact) mass is 278 g/mol. The standard InChI is InChI=1S/C11H12F2O4S/c1-7(2)18(16,17)9-5-3-4-8(6-9)11(12,13)10(14)15/h3-7H,1-2H3,(H,14,15). The largest absolute Gasteiger partial charge is 0.477 e. The molecule has 0 fully saturated rings. The topological polar surface area (TPSA) is 71.4 Å². The number of carboxylic acids is 1. The van der Waals surface area contributed by atoms with Gasteiger partial charge >= 0.3 is 11.9 Å². The third-order valence-corrected chi connectivity index (χ3v) is 4.57. The van der Waals surface area contributed by atoms with Crippen LogP contribution in [0.2, 0.25) is 0 Å². The molecule has 0 aliphatic rings. The molecule has 18 heavy (non-hydrogen) atoms. The van der Waals surface area contributed by atoms with Gasteiger partial charge in [0.15, 0.2) is 9.84 Å². The summed E-state index contributed by atoms with van der Waals surface area (Å²) in [6, 6.07) is 3.84. The SMILES string of the molecule is CC(C)S(=O)(=O)c1cccc(C(F)(F)C(=O)O)c1. The van der Waals surface area contributed by atoms with Crippen molar-refractivity contribution in [1.82, 2.24) is 0 Å².